The number of methoxy groups -OCH3 is 1. The summed E-state index contributed by atoms with van der Waals surface area (Å²) in [5.41, 5.74) is 4.48. The van der Waals surface area contributed by atoms with E-state index in [1.807, 2.05) is 30.5 Å². The molecule has 4 aromatic rings. The number of aromatic nitrogens is 2. The normalized spacial score (nSPS) is 10.8. The zero-order valence-electron chi connectivity index (χ0n) is 12.8. The zero-order valence-corrected chi connectivity index (χ0v) is 12.8. The predicted octanol–water partition coefficient (Wildman–Crippen LogP) is 4.70. The Balaban J connectivity index is 1.84. The highest BCUT2D eigenvalue weighted by molar-refractivity contribution is 5.88. The Morgan fingerprint density at radius 2 is 1.87 bits per heavy atom. The van der Waals surface area contributed by atoms with Crippen LogP contribution < -0.4 is 4.74 Å². The quantitative estimate of drug-likeness (QED) is 0.548. The van der Waals surface area contributed by atoms with Crippen LogP contribution in [0.1, 0.15) is 0 Å². The number of pyridine rings is 1. The van der Waals surface area contributed by atoms with Gasteiger partial charge >= 0.3 is 0 Å². The molecule has 0 saturated heterocycles. The maximum atomic E-state index is 5.47. The molecule has 0 N–H and O–H groups in total. The molecule has 0 unspecified atom stereocenters. The summed E-state index contributed by atoms with van der Waals surface area (Å²) in [6, 6.07) is 20.7. The summed E-state index contributed by atoms with van der Waals surface area (Å²) < 4.78 is 7.62. The molecule has 2 heterocycles. The summed E-state index contributed by atoms with van der Waals surface area (Å²) in [6.45, 7) is 0. The summed E-state index contributed by atoms with van der Waals surface area (Å²) in [7, 11) is 1.70. The van der Waals surface area contributed by atoms with Gasteiger partial charge in [-0.15, -0.1) is 0 Å². The highest BCUT2D eigenvalue weighted by Crippen LogP contribution is 2.32. The summed E-state index contributed by atoms with van der Waals surface area (Å²) in [5.74, 6) is 0.888. The first kappa shape index (κ1) is 13.6. The number of fused-ring (bicyclic) bond motifs is 1. The summed E-state index contributed by atoms with van der Waals surface area (Å²) in [5, 5.41) is 1.19. The Labute approximate surface area is 134 Å². The third kappa shape index (κ3) is 2.36. The molecule has 0 bridgehead atoms. The smallest absolute Gasteiger partial charge is 0.126 e. The number of rotatable bonds is 3. The van der Waals surface area contributed by atoms with Gasteiger partial charge in [0.05, 0.1) is 24.5 Å². The lowest BCUT2D eigenvalue weighted by Gasteiger charge is -2.09. The predicted molar refractivity (Wildman–Crippen MR) is 93.1 cm³/mol. The second-order valence-corrected chi connectivity index (χ2v) is 5.37. The maximum absolute atomic E-state index is 5.47. The van der Waals surface area contributed by atoms with Gasteiger partial charge in [0.1, 0.15) is 5.75 Å². The van der Waals surface area contributed by atoms with E-state index in [4.69, 9.17) is 4.74 Å². The molecular formula is C20H16N2O. The molecule has 0 aliphatic rings. The van der Waals surface area contributed by atoms with E-state index in [0.29, 0.717) is 0 Å². The molecule has 0 saturated carbocycles. The Hall–Kier alpha value is -3.07. The van der Waals surface area contributed by atoms with E-state index < -0.39 is 0 Å². The summed E-state index contributed by atoms with van der Waals surface area (Å²) >= 11 is 0. The van der Waals surface area contributed by atoms with Gasteiger partial charge in [0.2, 0.25) is 0 Å². The van der Waals surface area contributed by atoms with Gasteiger partial charge in [-0.2, -0.15) is 0 Å². The van der Waals surface area contributed by atoms with Crippen molar-refractivity contribution in [2.24, 2.45) is 0 Å². The fourth-order valence-electron chi connectivity index (χ4n) is 2.91. The fraction of sp³-hybridized carbons (Fsp3) is 0.0500. The van der Waals surface area contributed by atoms with Crippen LogP contribution in [0.3, 0.4) is 0 Å². The molecule has 4 rings (SSSR count). The minimum atomic E-state index is 0.888. The Morgan fingerprint density at radius 3 is 2.70 bits per heavy atom. The largest absolute Gasteiger partial charge is 0.496 e. The first-order chi connectivity index (χ1) is 11.4. The highest BCUT2D eigenvalue weighted by Gasteiger charge is 2.08. The third-order valence-electron chi connectivity index (χ3n) is 4.03. The molecule has 0 aliphatic carbocycles. The Morgan fingerprint density at radius 1 is 0.957 bits per heavy atom. The van der Waals surface area contributed by atoms with Gasteiger partial charge < -0.3 is 9.30 Å². The van der Waals surface area contributed by atoms with Gasteiger partial charge in [-0.1, -0.05) is 24.3 Å². The van der Waals surface area contributed by atoms with Crippen LogP contribution in [0.15, 0.2) is 79.3 Å². The van der Waals surface area contributed by atoms with Crippen LogP contribution in [0.4, 0.5) is 0 Å². The van der Waals surface area contributed by atoms with Crippen LogP contribution in [0.5, 0.6) is 5.75 Å². The van der Waals surface area contributed by atoms with E-state index in [1.165, 1.54) is 5.39 Å². The number of benzene rings is 2. The van der Waals surface area contributed by atoms with Crippen molar-refractivity contribution in [2.45, 2.75) is 0 Å². The number of nitrogens with zero attached hydrogens (tertiary/aromatic N) is 2. The highest BCUT2D eigenvalue weighted by atomic mass is 16.5. The Kier molecular flexibility index (Phi) is 3.31. The van der Waals surface area contributed by atoms with Crippen LogP contribution >= 0.6 is 0 Å². The van der Waals surface area contributed by atoms with E-state index in [-0.39, 0.29) is 0 Å². The van der Waals surface area contributed by atoms with Crippen molar-refractivity contribution in [1.29, 1.82) is 0 Å². The standard InChI is InChI=1S/C20H16N2O/c1-23-20-7-3-2-6-18(20)15-8-9-19-16(13-15)10-12-22(19)17-5-4-11-21-14-17/h2-14H,1H3. The van der Waals surface area contributed by atoms with Crippen molar-refractivity contribution in [3.63, 3.8) is 0 Å². The van der Waals surface area contributed by atoms with Crippen LogP contribution in [0.25, 0.3) is 27.7 Å². The molecule has 23 heavy (non-hydrogen) atoms. The topological polar surface area (TPSA) is 27.1 Å². The average molecular weight is 300 g/mol. The first-order valence-corrected chi connectivity index (χ1v) is 7.52. The lowest BCUT2D eigenvalue weighted by Crippen LogP contribution is -1.92. The molecule has 0 atom stereocenters. The summed E-state index contributed by atoms with van der Waals surface area (Å²) in [6.07, 6.45) is 5.73. The van der Waals surface area contributed by atoms with Gasteiger partial charge in [0.25, 0.3) is 0 Å². The molecule has 112 valence electrons. The lowest BCUT2D eigenvalue weighted by atomic mass is 10.0. The zero-order chi connectivity index (χ0) is 15.6. The molecular weight excluding hydrogens is 284 g/mol. The van der Waals surface area contributed by atoms with Crippen molar-refractivity contribution in [2.75, 3.05) is 7.11 Å². The van der Waals surface area contributed by atoms with Crippen molar-refractivity contribution >= 4 is 10.9 Å². The molecule has 2 aromatic heterocycles. The van der Waals surface area contributed by atoms with Gasteiger partial charge in [-0.3, -0.25) is 4.98 Å². The van der Waals surface area contributed by atoms with Crippen molar-refractivity contribution in [1.82, 2.24) is 9.55 Å². The molecule has 0 fully saturated rings. The second kappa shape index (κ2) is 5.61. The van der Waals surface area contributed by atoms with E-state index in [1.54, 1.807) is 13.3 Å². The number of hydrogen-bond donors (Lipinski definition) is 0. The first-order valence-electron chi connectivity index (χ1n) is 7.52. The van der Waals surface area contributed by atoms with Gasteiger partial charge in [-0.05, 0) is 42.0 Å². The molecule has 3 nitrogen and oxygen atoms in total. The second-order valence-electron chi connectivity index (χ2n) is 5.37. The molecule has 0 aliphatic heterocycles. The van der Waals surface area contributed by atoms with E-state index in [0.717, 1.165) is 28.1 Å². The fourth-order valence-corrected chi connectivity index (χ4v) is 2.91. The van der Waals surface area contributed by atoms with Gasteiger partial charge in [0, 0.05) is 23.3 Å². The van der Waals surface area contributed by atoms with Crippen LogP contribution in [-0.2, 0) is 0 Å². The number of hydrogen-bond acceptors (Lipinski definition) is 2. The van der Waals surface area contributed by atoms with E-state index in [9.17, 15) is 0 Å². The van der Waals surface area contributed by atoms with Gasteiger partial charge in [0.15, 0.2) is 0 Å². The number of para-hydroxylation sites is 1. The molecule has 0 amide bonds. The maximum Gasteiger partial charge on any atom is 0.126 e. The molecule has 3 heteroatoms. The van der Waals surface area contributed by atoms with Crippen LogP contribution in [0.2, 0.25) is 0 Å². The summed E-state index contributed by atoms with van der Waals surface area (Å²) in [4.78, 5) is 4.20. The van der Waals surface area contributed by atoms with E-state index >= 15 is 0 Å². The van der Waals surface area contributed by atoms with Crippen LogP contribution in [0, 0.1) is 0 Å². The third-order valence-corrected chi connectivity index (χ3v) is 4.03. The van der Waals surface area contributed by atoms with Gasteiger partial charge in [-0.25, -0.2) is 0 Å². The van der Waals surface area contributed by atoms with Crippen molar-refractivity contribution in [3.8, 4) is 22.6 Å². The lowest BCUT2D eigenvalue weighted by molar-refractivity contribution is 0.416. The number of ether oxygens (including phenoxy) is 1. The molecule has 0 spiro atoms. The minimum absolute atomic E-state index is 0.888. The Bertz CT molecular complexity index is 958. The SMILES string of the molecule is COc1ccccc1-c1ccc2c(ccn2-c2cccnc2)c1. The molecule has 0 radical (unpaired) electrons. The van der Waals surface area contributed by atoms with Crippen molar-refractivity contribution < 1.29 is 4.74 Å². The monoisotopic (exact) mass is 300 g/mol. The molecule has 2 aromatic carbocycles. The minimum Gasteiger partial charge on any atom is -0.496 e. The van der Waals surface area contributed by atoms with Crippen LogP contribution in [-0.4, -0.2) is 16.7 Å². The van der Waals surface area contributed by atoms with Crippen molar-refractivity contribution in [3.05, 3.63) is 79.3 Å². The average Bonchev–Trinajstić information content (AvgIpc) is 3.05. The van der Waals surface area contributed by atoms with E-state index in [2.05, 4.69) is 52.1 Å².